The van der Waals surface area contributed by atoms with E-state index >= 15 is 0 Å². The lowest BCUT2D eigenvalue weighted by atomic mass is 10.2. The van der Waals surface area contributed by atoms with Gasteiger partial charge in [0.25, 0.3) is 11.5 Å². The van der Waals surface area contributed by atoms with E-state index < -0.39 is 17.3 Å². The van der Waals surface area contributed by atoms with E-state index in [9.17, 15) is 14.0 Å². The van der Waals surface area contributed by atoms with Crippen LogP contribution >= 0.6 is 22.9 Å². The SMILES string of the molecule is Cc1cccc(-c2csc(NC(=O)c3ccc(=O)n(-c4cc(F)cc(Cl)c4)c3)n2)n1. The number of benzene rings is 1. The lowest BCUT2D eigenvalue weighted by Gasteiger charge is -2.09. The molecule has 4 rings (SSSR count). The Labute approximate surface area is 179 Å². The van der Waals surface area contributed by atoms with E-state index in [0.29, 0.717) is 16.5 Å². The lowest BCUT2D eigenvalue weighted by Crippen LogP contribution is -2.21. The number of nitrogens with one attached hydrogen (secondary N) is 1. The van der Waals surface area contributed by atoms with Crippen LogP contribution in [0.2, 0.25) is 5.02 Å². The summed E-state index contributed by atoms with van der Waals surface area (Å²) in [6.07, 6.45) is 1.33. The summed E-state index contributed by atoms with van der Waals surface area (Å²) in [7, 11) is 0. The molecule has 3 aromatic heterocycles. The van der Waals surface area contributed by atoms with Crippen LogP contribution in [0.25, 0.3) is 17.1 Å². The van der Waals surface area contributed by atoms with Crippen molar-refractivity contribution >= 4 is 34.0 Å². The third kappa shape index (κ3) is 4.29. The van der Waals surface area contributed by atoms with E-state index in [1.807, 2.05) is 25.1 Å². The summed E-state index contributed by atoms with van der Waals surface area (Å²) in [4.78, 5) is 33.7. The minimum atomic E-state index is -0.584. The number of rotatable bonds is 4. The van der Waals surface area contributed by atoms with Crippen molar-refractivity contribution in [2.75, 3.05) is 5.32 Å². The van der Waals surface area contributed by atoms with Gasteiger partial charge in [0.2, 0.25) is 0 Å². The van der Waals surface area contributed by atoms with E-state index in [1.54, 1.807) is 5.38 Å². The maximum absolute atomic E-state index is 13.7. The molecule has 0 saturated carbocycles. The molecule has 0 radical (unpaired) electrons. The zero-order valence-corrected chi connectivity index (χ0v) is 17.2. The van der Waals surface area contributed by atoms with E-state index in [0.717, 1.165) is 22.4 Å². The summed E-state index contributed by atoms with van der Waals surface area (Å²) in [5.74, 6) is -1.04. The molecule has 0 bridgehead atoms. The fraction of sp³-hybridized carbons (Fsp3) is 0.0476. The maximum atomic E-state index is 13.7. The third-order valence-corrected chi connectivity index (χ3v) is 5.15. The van der Waals surface area contributed by atoms with E-state index in [4.69, 9.17) is 11.6 Å². The molecule has 1 amide bonds. The second kappa shape index (κ2) is 8.17. The first kappa shape index (κ1) is 19.9. The second-order valence-corrected chi connectivity index (χ2v) is 7.70. The van der Waals surface area contributed by atoms with Gasteiger partial charge in [-0.15, -0.1) is 11.3 Å². The van der Waals surface area contributed by atoms with Gasteiger partial charge in [-0.3, -0.25) is 24.5 Å². The molecule has 150 valence electrons. The van der Waals surface area contributed by atoms with Gasteiger partial charge in [-0.25, -0.2) is 9.37 Å². The molecule has 1 aromatic carbocycles. The highest BCUT2D eigenvalue weighted by atomic mass is 35.5. The Bertz CT molecular complexity index is 1300. The molecule has 4 aromatic rings. The average Bonchev–Trinajstić information content (AvgIpc) is 3.16. The quantitative estimate of drug-likeness (QED) is 0.498. The second-order valence-electron chi connectivity index (χ2n) is 6.41. The Morgan fingerprint density at radius 2 is 1.97 bits per heavy atom. The number of nitrogens with zero attached hydrogens (tertiary/aromatic N) is 3. The minimum Gasteiger partial charge on any atom is -0.298 e. The van der Waals surface area contributed by atoms with E-state index in [2.05, 4.69) is 15.3 Å². The highest BCUT2D eigenvalue weighted by molar-refractivity contribution is 7.14. The predicted molar refractivity (Wildman–Crippen MR) is 115 cm³/mol. The Morgan fingerprint density at radius 3 is 2.73 bits per heavy atom. The number of halogens is 2. The summed E-state index contributed by atoms with van der Waals surface area (Å²) >= 11 is 7.14. The first-order chi connectivity index (χ1) is 14.4. The number of thiazole rings is 1. The van der Waals surface area contributed by atoms with E-state index in [-0.39, 0.29) is 16.3 Å². The maximum Gasteiger partial charge on any atom is 0.258 e. The van der Waals surface area contributed by atoms with Gasteiger partial charge in [0, 0.05) is 28.4 Å². The molecule has 0 fully saturated rings. The minimum absolute atomic E-state index is 0.145. The molecule has 30 heavy (non-hydrogen) atoms. The Kier molecular flexibility index (Phi) is 5.43. The molecule has 6 nitrogen and oxygen atoms in total. The summed E-state index contributed by atoms with van der Waals surface area (Å²) in [6.45, 7) is 1.89. The number of aryl methyl sites for hydroxylation is 1. The van der Waals surface area contributed by atoms with Crippen molar-refractivity contribution in [1.29, 1.82) is 0 Å². The van der Waals surface area contributed by atoms with Crippen molar-refractivity contribution in [2.45, 2.75) is 6.92 Å². The predicted octanol–water partition coefficient (Wildman–Crippen LogP) is 4.71. The summed E-state index contributed by atoms with van der Waals surface area (Å²) < 4.78 is 14.8. The molecule has 9 heteroatoms. The van der Waals surface area contributed by atoms with Crippen molar-refractivity contribution < 1.29 is 9.18 Å². The van der Waals surface area contributed by atoms with Crippen molar-refractivity contribution in [1.82, 2.24) is 14.5 Å². The van der Waals surface area contributed by atoms with Crippen LogP contribution in [0.15, 0.2) is 64.9 Å². The van der Waals surface area contributed by atoms with Gasteiger partial charge < -0.3 is 0 Å². The monoisotopic (exact) mass is 440 g/mol. The zero-order chi connectivity index (χ0) is 21.3. The average molecular weight is 441 g/mol. The van der Waals surface area contributed by atoms with Gasteiger partial charge in [-0.05, 0) is 43.3 Å². The molecule has 1 N–H and O–H groups in total. The number of pyridine rings is 2. The zero-order valence-electron chi connectivity index (χ0n) is 15.6. The number of hydrogen-bond donors (Lipinski definition) is 1. The number of aromatic nitrogens is 3. The van der Waals surface area contributed by atoms with Gasteiger partial charge in [0.05, 0.1) is 16.9 Å². The fourth-order valence-electron chi connectivity index (χ4n) is 2.81. The Balaban J connectivity index is 1.59. The molecule has 0 aliphatic carbocycles. The number of carbonyl (C=O) groups excluding carboxylic acids is 1. The van der Waals surface area contributed by atoms with Gasteiger partial charge in [0.15, 0.2) is 5.13 Å². The van der Waals surface area contributed by atoms with Gasteiger partial charge >= 0.3 is 0 Å². The lowest BCUT2D eigenvalue weighted by molar-refractivity contribution is 0.102. The van der Waals surface area contributed by atoms with Crippen LogP contribution in [0, 0.1) is 12.7 Å². The molecule has 0 atom stereocenters. The van der Waals surface area contributed by atoms with Crippen LogP contribution in [-0.4, -0.2) is 20.4 Å². The molecule has 0 aliphatic rings. The largest absolute Gasteiger partial charge is 0.298 e. The molecule has 3 heterocycles. The highest BCUT2D eigenvalue weighted by Crippen LogP contribution is 2.24. The molecule has 0 aliphatic heterocycles. The number of hydrogen-bond acceptors (Lipinski definition) is 5. The van der Waals surface area contributed by atoms with Crippen molar-refractivity contribution in [3.63, 3.8) is 0 Å². The normalized spacial score (nSPS) is 10.8. The van der Waals surface area contributed by atoms with Crippen LogP contribution < -0.4 is 10.9 Å². The summed E-state index contributed by atoms with van der Waals surface area (Å²) in [5.41, 5.74) is 2.24. The number of amides is 1. The number of anilines is 1. The topological polar surface area (TPSA) is 76.9 Å². The van der Waals surface area contributed by atoms with Crippen LogP contribution in [0.5, 0.6) is 0 Å². The van der Waals surface area contributed by atoms with Crippen LogP contribution in [0.3, 0.4) is 0 Å². The van der Waals surface area contributed by atoms with Crippen molar-refractivity contribution in [3.8, 4) is 17.1 Å². The van der Waals surface area contributed by atoms with Gasteiger partial charge in [-0.2, -0.15) is 0 Å². The third-order valence-electron chi connectivity index (χ3n) is 4.17. The first-order valence-electron chi connectivity index (χ1n) is 8.79. The van der Waals surface area contributed by atoms with E-state index in [1.165, 1.54) is 35.7 Å². The van der Waals surface area contributed by atoms with Crippen molar-refractivity contribution in [2.24, 2.45) is 0 Å². The summed E-state index contributed by atoms with van der Waals surface area (Å²) in [5, 5.41) is 5.05. The molecule has 0 spiro atoms. The molecular weight excluding hydrogens is 427 g/mol. The fourth-order valence-corrected chi connectivity index (χ4v) is 3.72. The Morgan fingerprint density at radius 1 is 1.13 bits per heavy atom. The molecule has 0 saturated heterocycles. The first-order valence-corrected chi connectivity index (χ1v) is 10.0. The van der Waals surface area contributed by atoms with Crippen LogP contribution in [-0.2, 0) is 0 Å². The van der Waals surface area contributed by atoms with Gasteiger partial charge in [0.1, 0.15) is 11.5 Å². The molecular formula is C21H14ClFN4O2S. The van der Waals surface area contributed by atoms with Crippen LogP contribution in [0.4, 0.5) is 9.52 Å². The smallest absolute Gasteiger partial charge is 0.258 e. The van der Waals surface area contributed by atoms with Gasteiger partial charge in [-0.1, -0.05) is 17.7 Å². The summed E-state index contributed by atoms with van der Waals surface area (Å²) in [6, 6.07) is 12.0. The van der Waals surface area contributed by atoms with Crippen molar-refractivity contribution in [3.05, 3.63) is 92.6 Å². The van der Waals surface area contributed by atoms with Crippen LogP contribution in [0.1, 0.15) is 16.1 Å². The molecule has 0 unspecified atom stereocenters. The Hall–Kier alpha value is -3.36. The standard InChI is InChI=1S/C21H14ClFN4O2S/c1-12-3-2-4-17(24-12)18-11-30-21(25-18)26-20(29)13-5-6-19(28)27(10-13)16-8-14(22)7-15(23)9-16/h2-11H,1H3,(H,25,26,29). The number of carbonyl (C=O) groups is 1. The highest BCUT2D eigenvalue weighted by Gasteiger charge is 2.13.